The third-order valence-electron chi connectivity index (χ3n) is 7.42. The number of ether oxygens (including phenoxy) is 2. The van der Waals surface area contributed by atoms with E-state index in [9.17, 15) is 33.9 Å². The van der Waals surface area contributed by atoms with Gasteiger partial charge in [-0.1, -0.05) is 18.2 Å². The molecule has 248 valence electrons. The van der Waals surface area contributed by atoms with Gasteiger partial charge in [0.1, 0.15) is 12.1 Å². The molecule has 2 aromatic rings. The fraction of sp³-hybridized carbons (Fsp3) is 0.483. The van der Waals surface area contributed by atoms with E-state index < -0.39 is 54.4 Å². The number of benzene rings is 1. The molecule has 2 atom stereocenters. The fourth-order valence-electron chi connectivity index (χ4n) is 5.14. The lowest BCUT2D eigenvalue weighted by atomic mass is 10.1. The van der Waals surface area contributed by atoms with Crippen molar-refractivity contribution < 1.29 is 48.2 Å². The summed E-state index contributed by atoms with van der Waals surface area (Å²) in [6.07, 6.45) is -0.341. The molecule has 17 heteroatoms. The SMILES string of the molecule is CCOC(=O)ON1CCN(C(=O)[C@H](CCC(=O)O)NC(=O)c2cc(OCC(=O)N3CCC[C@H]3C(N)=O)n(-c3ccccc3)n2)CC1. The van der Waals surface area contributed by atoms with Crippen LogP contribution < -0.4 is 15.8 Å². The maximum atomic E-state index is 13.4. The highest BCUT2D eigenvalue weighted by Crippen LogP contribution is 2.22. The second-order valence-corrected chi connectivity index (χ2v) is 10.5. The summed E-state index contributed by atoms with van der Waals surface area (Å²) in [5.74, 6) is -3.44. The van der Waals surface area contributed by atoms with Gasteiger partial charge in [0, 0.05) is 32.1 Å². The third-order valence-corrected chi connectivity index (χ3v) is 7.42. The zero-order chi connectivity index (χ0) is 33.2. The number of piperazine rings is 1. The van der Waals surface area contributed by atoms with Gasteiger partial charge in [-0.2, -0.15) is 5.10 Å². The fourth-order valence-corrected chi connectivity index (χ4v) is 5.14. The van der Waals surface area contributed by atoms with Gasteiger partial charge < -0.3 is 40.3 Å². The van der Waals surface area contributed by atoms with Gasteiger partial charge in [-0.3, -0.25) is 24.0 Å². The number of aliphatic carboxylic acids is 1. The van der Waals surface area contributed by atoms with E-state index in [-0.39, 0.29) is 57.2 Å². The van der Waals surface area contributed by atoms with E-state index in [1.165, 1.54) is 25.6 Å². The lowest BCUT2D eigenvalue weighted by Gasteiger charge is -2.35. The maximum absolute atomic E-state index is 13.4. The standard InChI is InChI=1S/C29H37N7O10/c1-2-44-29(43)46-34-15-13-33(14-16-34)28(42)20(10-11-25(38)39)31-27(41)21-17-24(36(32-21)19-7-4-3-5-8-19)45-18-23(37)35-12-6-9-22(35)26(30)40/h3-5,7-8,17,20,22H,2,6,9-16,18H2,1H3,(H2,30,40)(H,31,41)(H,38,39)/t20-,22-/m0/s1. The molecule has 0 unspecified atom stereocenters. The van der Waals surface area contributed by atoms with E-state index in [0.29, 0.717) is 25.1 Å². The van der Waals surface area contributed by atoms with Crippen LogP contribution >= 0.6 is 0 Å². The predicted molar refractivity (Wildman–Crippen MR) is 157 cm³/mol. The lowest BCUT2D eigenvalue weighted by molar-refractivity contribution is -0.157. The second kappa shape index (κ2) is 15.7. The number of hydrogen-bond acceptors (Lipinski definition) is 11. The number of nitrogens with one attached hydrogen (secondary N) is 1. The van der Waals surface area contributed by atoms with Crippen molar-refractivity contribution in [3.05, 3.63) is 42.1 Å². The van der Waals surface area contributed by atoms with Gasteiger partial charge in [-0.25, -0.2) is 9.48 Å². The highest BCUT2D eigenvalue weighted by molar-refractivity contribution is 5.96. The molecular formula is C29H37N7O10. The van der Waals surface area contributed by atoms with Crippen molar-refractivity contribution in [2.24, 2.45) is 5.73 Å². The van der Waals surface area contributed by atoms with Crippen LogP contribution in [0.4, 0.5) is 4.79 Å². The molecule has 46 heavy (non-hydrogen) atoms. The summed E-state index contributed by atoms with van der Waals surface area (Å²) in [6.45, 7) is 2.37. The Morgan fingerprint density at radius 3 is 2.43 bits per heavy atom. The summed E-state index contributed by atoms with van der Waals surface area (Å²) in [7, 11) is 0. The molecule has 0 radical (unpaired) electrons. The molecule has 0 spiro atoms. The molecule has 2 fully saturated rings. The van der Waals surface area contributed by atoms with Gasteiger partial charge in [-0.05, 0) is 38.3 Å². The van der Waals surface area contributed by atoms with Crippen LogP contribution in [0.3, 0.4) is 0 Å². The topological polar surface area (TPSA) is 216 Å². The molecule has 4 amide bonds. The summed E-state index contributed by atoms with van der Waals surface area (Å²) in [6, 6.07) is 8.06. The van der Waals surface area contributed by atoms with E-state index >= 15 is 0 Å². The first kappa shape index (κ1) is 33.7. The Morgan fingerprint density at radius 1 is 1.07 bits per heavy atom. The summed E-state index contributed by atoms with van der Waals surface area (Å²) in [5.41, 5.74) is 5.80. The van der Waals surface area contributed by atoms with Gasteiger partial charge in [0.05, 0.1) is 25.4 Å². The number of nitrogens with zero attached hydrogens (tertiary/aromatic N) is 5. The van der Waals surface area contributed by atoms with Crippen LogP contribution in [-0.4, -0.2) is 124 Å². The van der Waals surface area contributed by atoms with E-state index in [1.807, 2.05) is 0 Å². The molecule has 3 heterocycles. The van der Waals surface area contributed by atoms with Crippen molar-refractivity contribution in [2.75, 3.05) is 45.9 Å². The molecule has 2 saturated heterocycles. The Kier molecular flexibility index (Phi) is 11.5. The van der Waals surface area contributed by atoms with Gasteiger partial charge in [0.25, 0.3) is 11.8 Å². The number of aromatic nitrogens is 2. The third kappa shape index (κ3) is 8.71. The summed E-state index contributed by atoms with van der Waals surface area (Å²) >= 11 is 0. The Morgan fingerprint density at radius 2 is 1.78 bits per heavy atom. The van der Waals surface area contributed by atoms with Crippen LogP contribution in [0.1, 0.15) is 43.1 Å². The number of rotatable bonds is 13. The first-order valence-corrected chi connectivity index (χ1v) is 14.9. The number of carboxylic acid groups (broad SMARTS) is 1. The number of nitrogens with two attached hydrogens (primary N) is 1. The number of carbonyl (C=O) groups excluding carboxylic acids is 5. The number of carboxylic acids is 1. The summed E-state index contributed by atoms with van der Waals surface area (Å²) in [4.78, 5) is 82.3. The number of para-hydroxylation sites is 1. The Balaban J connectivity index is 1.47. The predicted octanol–water partition coefficient (Wildman–Crippen LogP) is -0.0771. The van der Waals surface area contributed by atoms with E-state index in [0.717, 1.165) is 0 Å². The highest BCUT2D eigenvalue weighted by Gasteiger charge is 2.34. The molecule has 0 aliphatic carbocycles. The van der Waals surface area contributed by atoms with Crippen molar-refractivity contribution >= 4 is 35.8 Å². The van der Waals surface area contributed by atoms with Crippen LogP contribution in [0.15, 0.2) is 36.4 Å². The molecule has 2 aliphatic heterocycles. The number of carbonyl (C=O) groups is 6. The molecule has 0 bridgehead atoms. The maximum Gasteiger partial charge on any atom is 0.527 e. The molecule has 1 aromatic carbocycles. The average Bonchev–Trinajstić information content (AvgIpc) is 3.71. The number of likely N-dealkylation sites (tertiary alicyclic amines) is 1. The summed E-state index contributed by atoms with van der Waals surface area (Å²) in [5, 5.41) is 17.6. The normalized spacial score (nSPS) is 17.2. The Bertz CT molecular complexity index is 1420. The molecule has 2 aliphatic rings. The second-order valence-electron chi connectivity index (χ2n) is 10.5. The molecular weight excluding hydrogens is 606 g/mol. The highest BCUT2D eigenvalue weighted by atomic mass is 16.8. The molecule has 17 nitrogen and oxygen atoms in total. The summed E-state index contributed by atoms with van der Waals surface area (Å²) < 4.78 is 11.9. The van der Waals surface area contributed by atoms with Crippen molar-refractivity contribution in [1.82, 2.24) is 30.0 Å². The zero-order valence-electron chi connectivity index (χ0n) is 25.3. The molecule has 4 N–H and O–H groups in total. The van der Waals surface area contributed by atoms with E-state index in [1.54, 1.807) is 37.3 Å². The van der Waals surface area contributed by atoms with E-state index in [2.05, 4.69) is 10.4 Å². The Labute approximate surface area is 264 Å². The van der Waals surface area contributed by atoms with Gasteiger partial charge in [-0.15, -0.1) is 5.06 Å². The first-order chi connectivity index (χ1) is 22.1. The molecule has 4 rings (SSSR count). The van der Waals surface area contributed by atoms with Crippen LogP contribution in [0, 0.1) is 0 Å². The smallest absolute Gasteiger partial charge is 0.481 e. The van der Waals surface area contributed by atoms with Crippen LogP contribution in [0.2, 0.25) is 0 Å². The minimum Gasteiger partial charge on any atom is -0.481 e. The number of hydroxylamine groups is 2. The number of primary amides is 1. The zero-order valence-corrected chi connectivity index (χ0v) is 25.3. The van der Waals surface area contributed by atoms with Crippen LogP contribution in [0.25, 0.3) is 5.69 Å². The Hall–Kier alpha value is -5.19. The van der Waals surface area contributed by atoms with Crippen molar-refractivity contribution in [2.45, 2.75) is 44.7 Å². The number of hydrogen-bond donors (Lipinski definition) is 3. The van der Waals surface area contributed by atoms with Crippen molar-refractivity contribution in [3.8, 4) is 11.6 Å². The van der Waals surface area contributed by atoms with Gasteiger partial charge >= 0.3 is 12.1 Å². The number of amides is 4. The monoisotopic (exact) mass is 643 g/mol. The minimum absolute atomic E-state index is 0.0469. The van der Waals surface area contributed by atoms with E-state index in [4.69, 9.17) is 20.0 Å². The van der Waals surface area contributed by atoms with Gasteiger partial charge in [0.2, 0.25) is 17.7 Å². The average molecular weight is 644 g/mol. The van der Waals surface area contributed by atoms with Gasteiger partial charge in [0.15, 0.2) is 12.3 Å². The van der Waals surface area contributed by atoms with Crippen molar-refractivity contribution in [3.63, 3.8) is 0 Å². The molecule has 0 saturated carbocycles. The quantitative estimate of drug-likeness (QED) is 0.244. The van der Waals surface area contributed by atoms with Crippen molar-refractivity contribution in [1.29, 1.82) is 0 Å². The molecule has 1 aromatic heterocycles. The lowest BCUT2D eigenvalue weighted by Crippen LogP contribution is -2.55. The largest absolute Gasteiger partial charge is 0.527 e. The van der Waals surface area contributed by atoms with Crippen LogP contribution in [-0.2, 0) is 28.8 Å². The minimum atomic E-state index is -1.20. The first-order valence-electron chi connectivity index (χ1n) is 14.9. The van der Waals surface area contributed by atoms with Crippen LogP contribution in [0.5, 0.6) is 5.88 Å².